The minimum absolute atomic E-state index is 0.00690. The Morgan fingerprint density at radius 3 is 2.50 bits per heavy atom. The summed E-state index contributed by atoms with van der Waals surface area (Å²) in [6.07, 6.45) is 2.27. The van der Waals surface area contributed by atoms with Crippen LogP contribution in [-0.2, 0) is 26.0 Å². The van der Waals surface area contributed by atoms with Gasteiger partial charge in [0.15, 0.2) is 0 Å². The largest absolute Gasteiger partial charge is 0.392 e. The van der Waals surface area contributed by atoms with Crippen LogP contribution >= 0.6 is 11.6 Å². The van der Waals surface area contributed by atoms with Crippen LogP contribution in [0.1, 0.15) is 56.1 Å². The number of aliphatic hydroxyl groups is 1. The van der Waals surface area contributed by atoms with Gasteiger partial charge in [0.25, 0.3) is 0 Å². The summed E-state index contributed by atoms with van der Waals surface area (Å²) in [6, 6.07) is 9.71. The Bertz CT molecular complexity index is 1410. The van der Waals surface area contributed by atoms with Gasteiger partial charge < -0.3 is 20.5 Å². The van der Waals surface area contributed by atoms with E-state index in [1.165, 1.54) is 12.1 Å². The second-order valence-electron chi connectivity index (χ2n) is 11.5. The summed E-state index contributed by atoms with van der Waals surface area (Å²) in [5.74, 6) is -1.61. The number of aliphatic hydroxyl groups excluding tert-OH is 1. The number of hydrogen-bond acceptors (Lipinski definition) is 7. The van der Waals surface area contributed by atoms with Crippen molar-refractivity contribution in [2.45, 2.75) is 74.8 Å². The fourth-order valence-corrected chi connectivity index (χ4v) is 7.39. The molecule has 240 valence electrons. The Morgan fingerprint density at radius 2 is 1.86 bits per heavy atom. The number of nitrogens with zero attached hydrogens (tertiary/aromatic N) is 3. The highest BCUT2D eigenvalue weighted by atomic mass is 35.5. The lowest BCUT2D eigenvalue weighted by atomic mass is 9.76. The Morgan fingerprint density at radius 1 is 1.16 bits per heavy atom. The molecule has 44 heavy (non-hydrogen) atoms. The van der Waals surface area contributed by atoms with Crippen LogP contribution in [0.3, 0.4) is 0 Å². The predicted molar refractivity (Wildman–Crippen MR) is 167 cm³/mol. The van der Waals surface area contributed by atoms with Gasteiger partial charge in [-0.1, -0.05) is 34.9 Å². The van der Waals surface area contributed by atoms with Gasteiger partial charge in [-0.25, -0.2) is 17.5 Å². The van der Waals surface area contributed by atoms with E-state index in [-0.39, 0.29) is 43.1 Å². The first-order valence-corrected chi connectivity index (χ1v) is 16.9. The zero-order valence-corrected chi connectivity index (χ0v) is 26.2. The highest BCUT2D eigenvalue weighted by molar-refractivity contribution is 7.90. The number of hydrogen-bond donors (Lipinski definition) is 4. The van der Waals surface area contributed by atoms with Crippen LogP contribution in [0.15, 0.2) is 47.6 Å². The standard InChI is InChI=1S/C30H40ClFN6O5S/c1-19(39)17-34-18-23(37-44(41,42)24-10-11-24)9-12-25-26(32)3-2-4-27(25)35-30(40)29(36-38-33)28(21-13-15-43-16-14-21)20-5-7-22(31)8-6-20/h2-8,19,21,23-24,28-29,34,37,39H,9-18H2,1H3,(H,35,40)/t19-,23+,28+,29+/m1/s1. The molecule has 2 aromatic rings. The average molecular weight is 651 g/mol. The molecule has 14 heteroatoms. The first-order valence-electron chi connectivity index (χ1n) is 14.9. The number of halogens is 2. The van der Waals surface area contributed by atoms with Crippen molar-refractivity contribution in [1.29, 1.82) is 0 Å². The van der Waals surface area contributed by atoms with Crippen LogP contribution in [0, 0.1) is 11.7 Å². The molecule has 0 unspecified atom stereocenters. The lowest BCUT2D eigenvalue weighted by Gasteiger charge is -2.34. The van der Waals surface area contributed by atoms with Crippen molar-refractivity contribution in [1.82, 2.24) is 10.0 Å². The van der Waals surface area contributed by atoms with Crippen molar-refractivity contribution in [3.05, 3.63) is 74.9 Å². The van der Waals surface area contributed by atoms with Crippen LogP contribution in [0.2, 0.25) is 5.02 Å². The summed E-state index contributed by atoms with van der Waals surface area (Å²) in [5.41, 5.74) is 10.7. The quantitative estimate of drug-likeness (QED) is 0.117. The minimum atomic E-state index is -3.53. The number of amides is 1. The Balaban J connectivity index is 1.55. The molecule has 0 radical (unpaired) electrons. The summed E-state index contributed by atoms with van der Waals surface area (Å²) in [7, 11) is -3.53. The molecule has 2 fully saturated rings. The third kappa shape index (κ3) is 9.61. The van der Waals surface area contributed by atoms with Gasteiger partial charge in [-0.15, -0.1) is 0 Å². The normalized spacial score (nSPS) is 18.5. The molecule has 1 saturated heterocycles. The molecule has 1 aliphatic carbocycles. The van der Waals surface area contributed by atoms with Gasteiger partial charge in [-0.05, 0) is 86.7 Å². The lowest BCUT2D eigenvalue weighted by molar-refractivity contribution is -0.118. The molecule has 2 aliphatic rings. The molecule has 1 aliphatic heterocycles. The van der Waals surface area contributed by atoms with E-state index in [0.717, 1.165) is 5.56 Å². The molecule has 0 aromatic heterocycles. The number of nitrogens with one attached hydrogen (secondary N) is 3. The molecule has 2 aromatic carbocycles. The first kappa shape index (κ1) is 34.1. The number of rotatable bonds is 16. The molecule has 0 bridgehead atoms. The first-order chi connectivity index (χ1) is 21.1. The molecular formula is C30H40ClFN6O5S. The van der Waals surface area contributed by atoms with Gasteiger partial charge >= 0.3 is 0 Å². The third-order valence-corrected chi connectivity index (χ3v) is 10.3. The fraction of sp³-hybridized carbons (Fsp3) is 0.567. The zero-order chi connectivity index (χ0) is 31.7. The number of sulfonamides is 1. The number of benzene rings is 2. The fourth-order valence-electron chi connectivity index (χ4n) is 5.65. The van der Waals surface area contributed by atoms with Gasteiger partial charge in [0.2, 0.25) is 15.9 Å². The van der Waals surface area contributed by atoms with Crippen molar-refractivity contribution in [2.24, 2.45) is 11.0 Å². The molecule has 4 N–H and O–H groups in total. The maximum absolute atomic E-state index is 15.2. The molecule has 4 atom stereocenters. The van der Waals surface area contributed by atoms with Crippen molar-refractivity contribution in [2.75, 3.05) is 31.6 Å². The van der Waals surface area contributed by atoms with E-state index in [4.69, 9.17) is 16.3 Å². The van der Waals surface area contributed by atoms with Crippen LogP contribution < -0.4 is 15.4 Å². The van der Waals surface area contributed by atoms with Gasteiger partial charge in [-0.3, -0.25) is 4.79 Å². The molecule has 1 amide bonds. The summed E-state index contributed by atoms with van der Waals surface area (Å²) in [6.45, 7) is 3.16. The van der Waals surface area contributed by atoms with Crippen LogP contribution in [-0.4, -0.2) is 69.2 Å². The van der Waals surface area contributed by atoms with Crippen molar-refractivity contribution < 1.29 is 27.4 Å². The Kier molecular flexibility index (Phi) is 12.4. The molecule has 4 rings (SSSR count). The number of azide groups is 1. The van der Waals surface area contributed by atoms with Crippen LogP contribution in [0.5, 0.6) is 0 Å². The number of carbonyl (C=O) groups is 1. The SMILES string of the molecule is C[C@@H](O)CNC[C@H](CCc1c(F)cccc1NC(=O)[C@@H](N=[N+]=[N-])[C@@H](c1ccc(Cl)cc1)C1CCOCC1)NS(=O)(=O)C1CC1. The van der Waals surface area contributed by atoms with E-state index in [2.05, 4.69) is 25.4 Å². The van der Waals surface area contributed by atoms with Crippen molar-refractivity contribution in [3.63, 3.8) is 0 Å². The van der Waals surface area contributed by atoms with Gasteiger partial charge in [0, 0.05) is 59.4 Å². The van der Waals surface area contributed by atoms with Crippen molar-refractivity contribution >= 4 is 33.2 Å². The van der Waals surface area contributed by atoms with E-state index in [1.807, 2.05) is 12.1 Å². The third-order valence-electron chi connectivity index (χ3n) is 8.06. The maximum Gasteiger partial charge on any atom is 0.234 e. The summed E-state index contributed by atoms with van der Waals surface area (Å²) in [5, 5.41) is 19.5. The van der Waals surface area contributed by atoms with E-state index in [1.54, 1.807) is 25.1 Å². The highest BCUT2D eigenvalue weighted by Crippen LogP contribution is 2.38. The lowest BCUT2D eigenvalue weighted by Crippen LogP contribution is -2.44. The summed E-state index contributed by atoms with van der Waals surface area (Å²) >= 11 is 6.12. The summed E-state index contributed by atoms with van der Waals surface area (Å²) < 4.78 is 48.9. The Hall–Kier alpha value is -2.77. The minimum Gasteiger partial charge on any atom is -0.392 e. The predicted octanol–water partition coefficient (Wildman–Crippen LogP) is 4.66. The van der Waals surface area contributed by atoms with Crippen LogP contribution in [0.4, 0.5) is 10.1 Å². The van der Waals surface area contributed by atoms with Gasteiger partial charge in [0.1, 0.15) is 11.9 Å². The van der Waals surface area contributed by atoms with E-state index in [9.17, 15) is 23.8 Å². The van der Waals surface area contributed by atoms with E-state index in [0.29, 0.717) is 43.9 Å². The second kappa shape index (κ2) is 16.0. The molecule has 11 nitrogen and oxygen atoms in total. The molecular weight excluding hydrogens is 611 g/mol. The van der Waals surface area contributed by atoms with Crippen molar-refractivity contribution in [3.8, 4) is 0 Å². The molecule has 1 saturated carbocycles. The zero-order valence-electron chi connectivity index (χ0n) is 24.7. The van der Waals surface area contributed by atoms with Gasteiger partial charge in [-0.2, -0.15) is 0 Å². The molecule has 0 spiro atoms. The average Bonchev–Trinajstić information content (AvgIpc) is 3.84. The van der Waals surface area contributed by atoms with E-state index >= 15 is 4.39 Å². The van der Waals surface area contributed by atoms with E-state index < -0.39 is 51.1 Å². The Labute approximate surface area is 262 Å². The highest BCUT2D eigenvalue weighted by Gasteiger charge is 2.38. The van der Waals surface area contributed by atoms with Gasteiger partial charge in [0.05, 0.1) is 11.4 Å². The topological polar surface area (TPSA) is 166 Å². The molecule has 1 heterocycles. The monoisotopic (exact) mass is 650 g/mol. The summed E-state index contributed by atoms with van der Waals surface area (Å²) in [4.78, 5) is 16.8. The number of ether oxygens (including phenoxy) is 1. The number of carbonyl (C=O) groups excluding carboxylic acids is 1. The van der Waals surface area contributed by atoms with Crippen LogP contribution in [0.25, 0.3) is 10.4 Å². The maximum atomic E-state index is 15.2. The number of anilines is 1. The smallest absolute Gasteiger partial charge is 0.234 e. The second-order valence-corrected chi connectivity index (χ2v) is 14.0.